The lowest BCUT2D eigenvalue weighted by molar-refractivity contribution is -0.138. The molecule has 2 nitrogen and oxygen atoms in total. The van der Waals surface area contributed by atoms with Crippen LogP contribution in [0.25, 0.3) is 0 Å². The summed E-state index contributed by atoms with van der Waals surface area (Å²) >= 11 is 10.8. The molecule has 0 aliphatic heterocycles. The molecule has 0 radical (unpaired) electrons. The maximum Gasteiger partial charge on any atom is 0.229 e. The molecule has 0 unspecified atom stereocenters. The summed E-state index contributed by atoms with van der Waals surface area (Å²) in [5.74, 6) is 0.411. The zero-order valence-electron chi connectivity index (χ0n) is 9.59. The molecule has 0 aliphatic rings. The first-order chi connectivity index (χ1) is 7.36. The summed E-state index contributed by atoms with van der Waals surface area (Å²) < 4.78 is 1.08. The van der Waals surface area contributed by atoms with Crippen LogP contribution in [0.2, 0.25) is 0 Å². The fourth-order valence-corrected chi connectivity index (χ4v) is 2.66. The normalized spacial score (nSPS) is 11.6. The number of amides is 1. The van der Waals surface area contributed by atoms with Crippen LogP contribution in [0.5, 0.6) is 0 Å². The lowest BCUT2D eigenvalue weighted by atomic mass is 9.94. The van der Waals surface area contributed by atoms with Gasteiger partial charge >= 0.3 is 0 Å². The zero-order valence-corrected chi connectivity index (χ0v) is 12.7. The highest BCUT2D eigenvalue weighted by Crippen LogP contribution is 2.24. The van der Waals surface area contributed by atoms with Gasteiger partial charge < -0.3 is 4.90 Å². The maximum atomic E-state index is 12.0. The summed E-state index contributed by atoms with van der Waals surface area (Å²) in [6.45, 7) is 4.35. The molecule has 0 N–H and O–H groups in total. The standard InChI is InChI=1S/C11H15BrClNOS/c1-11(2,7-13)10(15)14(3)5-8-4-9(12)16-6-8/h4,6H,5,7H2,1-3H3. The quantitative estimate of drug-likeness (QED) is 0.773. The number of hydrogen-bond acceptors (Lipinski definition) is 2. The van der Waals surface area contributed by atoms with Crippen LogP contribution in [-0.4, -0.2) is 23.7 Å². The van der Waals surface area contributed by atoms with Gasteiger partial charge in [0.25, 0.3) is 0 Å². The molecule has 0 aromatic carbocycles. The topological polar surface area (TPSA) is 20.3 Å². The molecule has 1 amide bonds. The van der Waals surface area contributed by atoms with Crippen LogP contribution in [0.4, 0.5) is 0 Å². The van der Waals surface area contributed by atoms with Crippen LogP contribution in [0.15, 0.2) is 15.2 Å². The number of halogens is 2. The third-order valence-electron chi connectivity index (χ3n) is 2.30. The van der Waals surface area contributed by atoms with Gasteiger partial charge in [0.2, 0.25) is 5.91 Å². The highest BCUT2D eigenvalue weighted by molar-refractivity contribution is 9.11. The van der Waals surface area contributed by atoms with Crippen molar-refractivity contribution in [3.05, 3.63) is 20.8 Å². The average molecular weight is 325 g/mol. The van der Waals surface area contributed by atoms with Crippen molar-refractivity contribution in [2.75, 3.05) is 12.9 Å². The Hall–Kier alpha value is -0.0600. The second-order valence-corrected chi connectivity index (χ2v) is 7.00. The minimum absolute atomic E-state index is 0.0739. The Bertz CT molecular complexity index is 378. The number of rotatable bonds is 4. The first-order valence-corrected chi connectivity index (χ1v) is 7.12. The SMILES string of the molecule is CN(Cc1csc(Br)c1)C(=O)C(C)(C)CCl. The molecule has 1 aromatic rings. The smallest absolute Gasteiger partial charge is 0.229 e. The van der Waals surface area contributed by atoms with Crippen LogP contribution in [0.1, 0.15) is 19.4 Å². The van der Waals surface area contributed by atoms with E-state index in [0.29, 0.717) is 12.4 Å². The van der Waals surface area contributed by atoms with Crippen molar-refractivity contribution >= 4 is 44.8 Å². The third kappa shape index (κ3) is 3.47. The number of carbonyl (C=O) groups excluding carboxylic acids is 1. The molecule has 0 saturated heterocycles. The first-order valence-electron chi connectivity index (χ1n) is 4.91. The highest BCUT2D eigenvalue weighted by Gasteiger charge is 2.29. The molecule has 90 valence electrons. The molecule has 0 spiro atoms. The largest absolute Gasteiger partial charge is 0.341 e. The van der Waals surface area contributed by atoms with Gasteiger partial charge in [-0.25, -0.2) is 0 Å². The van der Waals surface area contributed by atoms with Gasteiger partial charge in [-0.05, 0) is 46.8 Å². The van der Waals surface area contributed by atoms with Crippen molar-refractivity contribution in [1.29, 1.82) is 0 Å². The Balaban J connectivity index is 2.65. The van der Waals surface area contributed by atoms with E-state index >= 15 is 0 Å². The van der Waals surface area contributed by atoms with Gasteiger partial charge in [-0.15, -0.1) is 22.9 Å². The van der Waals surface area contributed by atoms with E-state index in [9.17, 15) is 4.79 Å². The second kappa shape index (κ2) is 5.52. The fraction of sp³-hybridized carbons (Fsp3) is 0.545. The molecular formula is C11H15BrClNOS. The molecule has 0 fully saturated rings. The van der Waals surface area contributed by atoms with E-state index in [1.165, 1.54) is 0 Å². The number of alkyl halides is 1. The number of nitrogens with zero attached hydrogens (tertiary/aromatic N) is 1. The minimum atomic E-state index is -0.496. The first kappa shape index (κ1) is 14.0. The minimum Gasteiger partial charge on any atom is -0.341 e. The molecule has 0 bridgehead atoms. The van der Waals surface area contributed by atoms with Crippen LogP contribution >= 0.6 is 38.9 Å². The van der Waals surface area contributed by atoms with Gasteiger partial charge in [-0.2, -0.15) is 0 Å². The van der Waals surface area contributed by atoms with E-state index < -0.39 is 5.41 Å². The monoisotopic (exact) mass is 323 g/mol. The Kier molecular flexibility index (Phi) is 4.83. The van der Waals surface area contributed by atoms with Gasteiger partial charge in [0.05, 0.1) is 9.20 Å². The fourth-order valence-electron chi connectivity index (χ4n) is 1.35. The Labute approximate surface area is 114 Å². The van der Waals surface area contributed by atoms with Gasteiger partial charge in [0.15, 0.2) is 0 Å². The van der Waals surface area contributed by atoms with E-state index in [0.717, 1.165) is 9.35 Å². The van der Waals surface area contributed by atoms with Crippen molar-refractivity contribution in [1.82, 2.24) is 4.90 Å². The second-order valence-electron chi connectivity index (χ2n) is 4.44. The summed E-state index contributed by atoms with van der Waals surface area (Å²) in [6, 6.07) is 2.03. The van der Waals surface area contributed by atoms with Gasteiger partial charge in [0.1, 0.15) is 0 Å². The van der Waals surface area contributed by atoms with Crippen LogP contribution < -0.4 is 0 Å². The van der Waals surface area contributed by atoms with Crippen molar-refractivity contribution in [3.8, 4) is 0 Å². The Morgan fingerprint density at radius 2 is 2.25 bits per heavy atom. The van der Waals surface area contributed by atoms with E-state index in [1.807, 2.05) is 32.3 Å². The average Bonchev–Trinajstić information content (AvgIpc) is 2.62. The lowest BCUT2D eigenvalue weighted by Gasteiger charge is -2.27. The molecule has 0 saturated carbocycles. The zero-order chi connectivity index (χ0) is 12.3. The third-order valence-corrected chi connectivity index (χ3v) is 4.52. The molecule has 5 heteroatoms. The Morgan fingerprint density at radius 3 is 2.69 bits per heavy atom. The summed E-state index contributed by atoms with van der Waals surface area (Å²) in [6.07, 6.45) is 0. The molecule has 0 atom stereocenters. The van der Waals surface area contributed by atoms with Gasteiger partial charge in [-0.1, -0.05) is 0 Å². The molecule has 1 rings (SSSR count). The van der Waals surface area contributed by atoms with E-state index in [4.69, 9.17) is 11.6 Å². The molecule has 0 aliphatic carbocycles. The summed E-state index contributed by atoms with van der Waals surface area (Å²) in [5.41, 5.74) is 0.641. The Morgan fingerprint density at radius 1 is 1.62 bits per heavy atom. The van der Waals surface area contributed by atoms with Crippen molar-refractivity contribution in [2.45, 2.75) is 20.4 Å². The number of carbonyl (C=O) groups is 1. The van der Waals surface area contributed by atoms with Crippen molar-refractivity contribution in [3.63, 3.8) is 0 Å². The molecule has 16 heavy (non-hydrogen) atoms. The van der Waals surface area contributed by atoms with Crippen LogP contribution in [0, 0.1) is 5.41 Å². The van der Waals surface area contributed by atoms with Crippen LogP contribution in [-0.2, 0) is 11.3 Å². The van der Waals surface area contributed by atoms with Gasteiger partial charge in [-0.3, -0.25) is 4.79 Å². The number of hydrogen-bond donors (Lipinski definition) is 0. The molecule has 1 heterocycles. The lowest BCUT2D eigenvalue weighted by Crippen LogP contribution is -2.39. The van der Waals surface area contributed by atoms with Crippen molar-refractivity contribution < 1.29 is 4.79 Å². The van der Waals surface area contributed by atoms with E-state index in [-0.39, 0.29) is 5.91 Å². The molecule has 1 aromatic heterocycles. The molecular weight excluding hydrogens is 310 g/mol. The summed E-state index contributed by atoms with van der Waals surface area (Å²) in [5, 5.41) is 2.04. The predicted octanol–water partition coefficient (Wildman–Crippen LogP) is 3.73. The predicted molar refractivity (Wildman–Crippen MR) is 73.0 cm³/mol. The maximum absolute atomic E-state index is 12.0. The highest BCUT2D eigenvalue weighted by atomic mass is 79.9. The van der Waals surface area contributed by atoms with Crippen LogP contribution in [0.3, 0.4) is 0 Å². The van der Waals surface area contributed by atoms with Gasteiger partial charge in [0, 0.05) is 19.5 Å². The van der Waals surface area contributed by atoms with E-state index in [2.05, 4.69) is 15.9 Å². The summed E-state index contributed by atoms with van der Waals surface area (Å²) in [7, 11) is 1.81. The van der Waals surface area contributed by atoms with E-state index in [1.54, 1.807) is 16.2 Å². The van der Waals surface area contributed by atoms with Crippen molar-refractivity contribution in [2.24, 2.45) is 5.41 Å². The summed E-state index contributed by atoms with van der Waals surface area (Å²) in [4.78, 5) is 13.8. The number of thiophene rings is 1.